The summed E-state index contributed by atoms with van der Waals surface area (Å²) in [6.45, 7) is 0. The van der Waals surface area contributed by atoms with Crippen molar-refractivity contribution in [1.29, 1.82) is 0 Å². The van der Waals surface area contributed by atoms with Crippen LogP contribution in [0.25, 0.3) is 5.57 Å². The van der Waals surface area contributed by atoms with Crippen LogP contribution in [0.5, 0.6) is 0 Å². The van der Waals surface area contributed by atoms with Gasteiger partial charge in [0.05, 0.1) is 0 Å². The molecule has 3 rings (SSSR count). The summed E-state index contributed by atoms with van der Waals surface area (Å²) < 4.78 is 2.10. The van der Waals surface area contributed by atoms with Crippen LogP contribution in [0.4, 0.5) is 5.69 Å². The molecule has 0 aliphatic heterocycles. The standard InChI is InChI=1S/C27H27N2/c1-28(2)26-18-12-22(13-19-26)10-16-25(24-8-6-5-7-9-24)17-11-23-14-20-27(21-15-23)29(3)4/h5-10,12-16,18-21H,1-4H3/q+1. The first kappa shape index (κ1) is 20.2. The van der Waals surface area contributed by atoms with Gasteiger partial charge in [-0.1, -0.05) is 48.2 Å². The molecule has 0 saturated carbocycles. The summed E-state index contributed by atoms with van der Waals surface area (Å²) in [6.07, 6.45) is 12.7. The van der Waals surface area contributed by atoms with Crippen molar-refractivity contribution >= 4 is 17.0 Å². The van der Waals surface area contributed by atoms with Crippen molar-refractivity contribution < 1.29 is 4.58 Å². The van der Waals surface area contributed by atoms with Crippen LogP contribution in [0.1, 0.15) is 11.1 Å². The van der Waals surface area contributed by atoms with Gasteiger partial charge in [-0.3, -0.25) is 0 Å². The summed E-state index contributed by atoms with van der Waals surface area (Å²) in [5.74, 6) is 6.67. The summed E-state index contributed by atoms with van der Waals surface area (Å²) in [5.41, 5.74) is 6.64. The van der Waals surface area contributed by atoms with Crippen LogP contribution >= 0.6 is 0 Å². The molecule has 2 aromatic carbocycles. The molecule has 2 aromatic rings. The lowest BCUT2D eigenvalue weighted by Crippen LogP contribution is -2.09. The van der Waals surface area contributed by atoms with Gasteiger partial charge in [-0.2, -0.15) is 0 Å². The van der Waals surface area contributed by atoms with Gasteiger partial charge in [0.2, 0.25) is 0 Å². The summed E-state index contributed by atoms with van der Waals surface area (Å²) in [6, 6.07) is 18.6. The largest absolute Gasteiger partial charge is 0.378 e. The van der Waals surface area contributed by atoms with Crippen molar-refractivity contribution in [2.45, 2.75) is 0 Å². The zero-order valence-electron chi connectivity index (χ0n) is 17.6. The molecule has 2 nitrogen and oxygen atoms in total. The molecule has 0 amide bonds. The molecule has 1 aliphatic carbocycles. The molecule has 0 saturated heterocycles. The number of rotatable bonds is 3. The Balaban J connectivity index is 1.90. The molecule has 0 bridgehead atoms. The normalized spacial score (nSPS) is 13.0. The zero-order valence-corrected chi connectivity index (χ0v) is 17.6. The molecule has 0 unspecified atom stereocenters. The molecular weight excluding hydrogens is 352 g/mol. The number of anilines is 1. The number of hydrogen-bond acceptors (Lipinski definition) is 1. The maximum atomic E-state index is 3.36. The van der Waals surface area contributed by atoms with Crippen molar-refractivity contribution in [1.82, 2.24) is 0 Å². The van der Waals surface area contributed by atoms with Crippen LogP contribution in [-0.2, 0) is 0 Å². The third-order valence-electron chi connectivity index (χ3n) is 4.66. The van der Waals surface area contributed by atoms with E-state index in [0.717, 1.165) is 22.3 Å². The average Bonchev–Trinajstić information content (AvgIpc) is 2.75. The Labute approximate surface area is 174 Å². The van der Waals surface area contributed by atoms with Crippen LogP contribution in [0.2, 0.25) is 0 Å². The van der Waals surface area contributed by atoms with E-state index in [1.807, 2.05) is 46.4 Å². The Hall–Kier alpha value is -3.57. The van der Waals surface area contributed by atoms with Crippen LogP contribution in [0.15, 0.2) is 96.6 Å². The highest BCUT2D eigenvalue weighted by atomic mass is 15.1. The van der Waals surface area contributed by atoms with Crippen molar-refractivity contribution in [3.05, 3.63) is 108 Å². The predicted molar refractivity (Wildman–Crippen MR) is 126 cm³/mol. The predicted octanol–water partition coefficient (Wildman–Crippen LogP) is 4.95. The van der Waals surface area contributed by atoms with Gasteiger partial charge < -0.3 is 4.90 Å². The fourth-order valence-electron chi connectivity index (χ4n) is 2.87. The number of nitrogens with zero attached hydrogens (tertiary/aromatic N) is 2. The SMILES string of the molecule is CN(C)c1ccc(C#C/C(=C/C=C2C=CC(=[N+](C)C)C=C2)c2ccccc2)cc1. The maximum Gasteiger partial charge on any atom is 0.199 e. The maximum absolute atomic E-state index is 3.36. The molecule has 0 heterocycles. The van der Waals surface area contributed by atoms with E-state index in [1.54, 1.807) is 0 Å². The number of hydrogen-bond donors (Lipinski definition) is 0. The highest BCUT2D eigenvalue weighted by Gasteiger charge is 2.03. The van der Waals surface area contributed by atoms with Gasteiger partial charge in [0.1, 0.15) is 14.1 Å². The van der Waals surface area contributed by atoms with Crippen molar-refractivity contribution in [3.8, 4) is 11.8 Å². The van der Waals surface area contributed by atoms with Crippen LogP contribution in [-0.4, -0.2) is 38.5 Å². The minimum absolute atomic E-state index is 0.999. The first-order valence-electron chi connectivity index (χ1n) is 9.70. The van der Waals surface area contributed by atoms with Crippen molar-refractivity contribution in [2.24, 2.45) is 0 Å². The summed E-state index contributed by atoms with van der Waals surface area (Å²) in [7, 11) is 8.18. The molecule has 0 N–H and O–H groups in total. The van der Waals surface area contributed by atoms with Crippen molar-refractivity contribution in [2.75, 3.05) is 33.1 Å². The summed E-state index contributed by atoms with van der Waals surface area (Å²) in [5, 5.41) is 0. The van der Waals surface area contributed by atoms with Crippen LogP contribution < -0.4 is 4.90 Å². The lowest BCUT2D eigenvalue weighted by atomic mass is 10.0. The van der Waals surface area contributed by atoms with Gasteiger partial charge in [0, 0.05) is 43.1 Å². The van der Waals surface area contributed by atoms with E-state index < -0.39 is 0 Å². The first-order chi connectivity index (χ1) is 14.0. The van der Waals surface area contributed by atoms with E-state index in [0.29, 0.717) is 0 Å². The first-order valence-corrected chi connectivity index (χ1v) is 9.70. The van der Waals surface area contributed by atoms with Gasteiger partial charge in [0.25, 0.3) is 0 Å². The second-order valence-electron chi connectivity index (χ2n) is 7.29. The van der Waals surface area contributed by atoms with E-state index in [-0.39, 0.29) is 0 Å². The van der Waals surface area contributed by atoms with Gasteiger partial charge in [-0.25, -0.2) is 4.58 Å². The Morgan fingerprint density at radius 1 is 0.862 bits per heavy atom. The quantitative estimate of drug-likeness (QED) is 0.540. The van der Waals surface area contributed by atoms with E-state index >= 15 is 0 Å². The molecule has 0 spiro atoms. The summed E-state index contributed by atoms with van der Waals surface area (Å²) in [4.78, 5) is 2.09. The van der Waals surface area contributed by atoms with E-state index in [1.165, 1.54) is 11.4 Å². The minimum atomic E-state index is 0.999. The van der Waals surface area contributed by atoms with Crippen molar-refractivity contribution in [3.63, 3.8) is 0 Å². The third kappa shape index (κ3) is 5.70. The molecule has 144 valence electrons. The molecule has 0 atom stereocenters. The number of allylic oxidation sites excluding steroid dienone is 8. The Kier molecular flexibility index (Phi) is 6.66. The highest BCUT2D eigenvalue weighted by molar-refractivity contribution is 6.02. The van der Waals surface area contributed by atoms with Crippen LogP contribution in [0.3, 0.4) is 0 Å². The van der Waals surface area contributed by atoms with E-state index in [2.05, 4.69) is 94.2 Å². The molecule has 29 heavy (non-hydrogen) atoms. The topological polar surface area (TPSA) is 6.25 Å². The molecular formula is C27H27N2+. The fourth-order valence-corrected chi connectivity index (χ4v) is 2.87. The smallest absolute Gasteiger partial charge is 0.199 e. The average molecular weight is 380 g/mol. The Morgan fingerprint density at radius 2 is 1.52 bits per heavy atom. The van der Waals surface area contributed by atoms with E-state index in [9.17, 15) is 0 Å². The molecule has 1 aliphatic rings. The molecule has 0 radical (unpaired) electrons. The molecule has 0 fully saturated rings. The fraction of sp³-hybridized carbons (Fsp3) is 0.148. The Morgan fingerprint density at radius 3 is 2.10 bits per heavy atom. The van der Waals surface area contributed by atoms with Gasteiger partial charge in [-0.15, -0.1) is 0 Å². The lowest BCUT2D eigenvalue weighted by Gasteiger charge is -2.11. The van der Waals surface area contributed by atoms with Crippen LogP contribution in [0, 0.1) is 11.8 Å². The lowest BCUT2D eigenvalue weighted by molar-refractivity contribution is -0.462. The number of benzene rings is 2. The summed E-state index contributed by atoms with van der Waals surface area (Å²) >= 11 is 0. The Bertz CT molecular complexity index is 1040. The second kappa shape index (κ2) is 9.57. The minimum Gasteiger partial charge on any atom is -0.378 e. The van der Waals surface area contributed by atoms with Gasteiger partial charge in [0.15, 0.2) is 5.71 Å². The highest BCUT2D eigenvalue weighted by Crippen LogP contribution is 2.16. The molecule has 0 aromatic heterocycles. The van der Waals surface area contributed by atoms with Gasteiger partial charge >= 0.3 is 0 Å². The zero-order chi connectivity index (χ0) is 20.6. The molecule has 2 heteroatoms. The monoisotopic (exact) mass is 379 g/mol. The van der Waals surface area contributed by atoms with E-state index in [4.69, 9.17) is 0 Å². The van der Waals surface area contributed by atoms with Gasteiger partial charge in [-0.05, 0) is 53.6 Å². The third-order valence-corrected chi connectivity index (χ3v) is 4.66. The second-order valence-corrected chi connectivity index (χ2v) is 7.29.